The molecule has 0 saturated heterocycles. The Kier molecular flexibility index (Phi) is 14.4. The van der Waals surface area contributed by atoms with Gasteiger partial charge in [-0.1, -0.05) is 65.2 Å². The van der Waals surface area contributed by atoms with Crippen molar-refractivity contribution in [1.82, 2.24) is 0 Å². The van der Waals surface area contributed by atoms with Gasteiger partial charge >= 0.3 is 0 Å². The van der Waals surface area contributed by atoms with Gasteiger partial charge in [-0.25, -0.2) is 0 Å². The highest BCUT2D eigenvalue weighted by atomic mass is 16.5. The van der Waals surface area contributed by atoms with E-state index in [1.807, 2.05) is 0 Å². The summed E-state index contributed by atoms with van der Waals surface area (Å²) < 4.78 is 5.23. The molecule has 0 bridgehead atoms. The molecule has 0 unspecified atom stereocenters. The van der Waals surface area contributed by atoms with Crippen molar-refractivity contribution >= 4 is 5.78 Å². The lowest BCUT2D eigenvalue weighted by molar-refractivity contribution is -0.123. The number of Topliss-reactive ketones (excluding diaryl/α,β-unsaturated/α-hetero) is 1. The number of rotatable bonds is 14. The summed E-state index contributed by atoms with van der Waals surface area (Å²) in [4.78, 5) is 11.4. The van der Waals surface area contributed by atoms with Crippen molar-refractivity contribution in [3.8, 4) is 0 Å². The molecule has 0 aliphatic carbocycles. The molecule has 0 fully saturated rings. The van der Waals surface area contributed by atoms with Crippen molar-refractivity contribution in [3.63, 3.8) is 0 Å². The molecule has 0 atom stereocenters. The maximum Gasteiger partial charge on any atom is 0.158 e. The van der Waals surface area contributed by atoms with Crippen LogP contribution >= 0.6 is 0 Å². The minimum Gasteiger partial charge on any atom is -0.374 e. The van der Waals surface area contributed by atoms with Crippen LogP contribution in [0.4, 0.5) is 0 Å². The van der Waals surface area contributed by atoms with E-state index in [4.69, 9.17) is 4.74 Å². The van der Waals surface area contributed by atoms with Crippen LogP contribution in [-0.4, -0.2) is 19.0 Å². The van der Waals surface area contributed by atoms with Gasteiger partial charge in [0.1, 0.15) is 6.61 Å². The van der Waals surface area contributed by atoms with Crippen LogP contribution in [0.1, 0.15) is 84.5 Å². The molecule has 2 nitrogen and oxygen atoms in total. The minimum atomic E-state index is 0.270. The lowest BCUT2D eigenvalue weighted by atomic mass is 10.1. The average molecular weight is 256 g/mol. The minimum absolute atomic E-state index is 0.270. The van der Waals surface area contributed by atoms with E-state index >= 15 is 0 Å². The molecule has 0 aromatic rings. The van der Waals surface area contributed by atoms with E-state index in [1.165, 1.54) is 51.4 Å². The second kappa shape index (κ2) is 14.7. The van der Waals surface area contributed by atoms with Gasteiger partial charge in [0.15, 0.2) is 5.78 Å². The molecule has 0 aliphatic rings. The van der Waals surface area contributed by atoms with E-state index in [0.29, 0.717) is 19.6 Å². The monoisotopic (exact) mass is 256 g/mol. The Morgan fingerprint density at radius 2 is 1.33 bits per heavy atom. The van der Waals surface area contributed by atoms with Crippen molar-refractivity contribution in [2.24, 2.45) is 0 Å². The number of carbonyl (C=O) groups excluding carboxylic acids is 1. The molecule has 2 heteroatoms. The molecular formula is C16H32O2. The van der Waals surface area contributed by atoms with Crippen LogP contribution in [-0.2, 0) is 9.53 Å². The highest BCUT2D eigenvalue weighted by Crippen LogP contribution is 2.10. The van der Waals surface area contributed by atoms with Crippen LogP contribution in [0.2, 0.25) is 0 Å². The quantitative estimate of drug-likeness (QED) is 0.413. The molecule has 0 radical (unpaired) electrons. The Morgan fingerprint density at radius 1 is 0.778 bits per heavy atom. The molecular weight excluding hydrogens is 224 g/mol. The summed E-state index contributed by atoms with van der Waals surface area (Å²) in [5.41, 5.74) is 0. The Bertz CT molecular complexity index is 178. The average Bonchev–Trinajstić information content (AvgIpc) is 2.37. The lowest BCUT2D eigenvalue weighted by Gasteiger charge is -2.03. The topological polar surface area (TPSA) is 26.3 Å². The third-order valence-corrected chi connectivity index (χ3v) is 3.17. The van der Waals surface area contributed by atoms with Gasteiger partial charge in [0.25, 0.3) is 0 Å². The van der Waals surface area contributed by atoms with Gasteiger partial charge in [0.2, 0.25) is 0 Å². The molecule has 0 amide bonds. The maximum absolute atomic E-state index is 11.4. The molecule has 18 heavy (non-hydrogen) atoms. The zero-order valence-electron chi connectivity index (χ0n) is 12.5. The Balaban J connectivity index is 3.08. The van der Waals surface area contributed by atoms with Gasteiger partial charge in [-0.15, -0.1) is 0 Å². The number of hydrogen-bond donors (Lipinski definition) is 0. The summed E-state index contributed by atoms with van der Waals surface area (Å²) in [6, 6.07) is 0. The van der Waals surface area contributed by atoms with Gasteiger partial charge < -0.3 is 4.74 Å². The van der Waals surface area contributed by atoms with Gasteiger partial charge in [-0.3, -0.25) is 4.79 Å². The standard InChI is InChI=1S/C16H32O2/c1-3-5-6-7-8-9-10-11-12-13-16(17)15-18-14-4-2/h3-15H2,1-2H3. The number of ketones is 1. The zero-order chi connectivity index (χ0) is 13.5. The smallest absolute Gasteiger partial charge is 0.158 e. The molecule has 0 spiro atoms. The van der Waals surface area contributed by atoms with Gasteiger partial charge in [0, 0.05) is 13.0 Å². The predicted octanol–water partition coefficient (Wildman–Crippen LogP) is 4.90. The molecule has 0 heterocycles. The first-order valence-corrected chi connectivity index (χ1v) is 7.90. The van der Waals surface area contributed by atoms with Crippen LogP contribution in [0.3, 0.4) is 0 Å². The molecule has 0 saturated carbocycles. The summed E-state index contributed by atoms with van der Waals surface area (Å²) in [6.45, 7) is 5.35. The first-order chi connectivity index (χ1) is 8.81. The Labute approximate surface area is 113 Å². The maximum atomic E-state index is 11.4. The molecule has 0 aromatic heterocycles. The van der Waals surface area contributed by atoms with Crippen LogP contribution in [0.15, 0.2) is 0 Å². The summed E-state index contributed by atoms with van der Waals surface area (Å²) in [6.07, 6.45) is 13.4. The van der Waals surface area contributed by atoms with Crippen LogP contribution in [0, 0.1) is 0 Å². The van der Waals surface area contributed by atoms with E-state index in [9.17, 15) is 4.79 Å². The van der Waals surface area contributed by atoms with Crippen molar-refractivity contribution in [2.75, 3.05) is 13.2 Å². The highest BCUT2D eigenvalue weighted by Gasteiger charge is 2.01. The normalized spacial score (nSPS) is 10.8. The van der Waals surface area contributed by atoms with E-state index in [1.54, 1.807) is 0 Å². The number of hydrogen-bond acceptors (Lipinski definition) is 2. The van der Waals surface area contributed by atoms with Crippen molar-refractivity contribution in [2.45, 2.75) is 84.5 Å². The van der Waals surface area contributed by atoms with E-state index in [0.717, 1.165) is 12.8 Å². The summed E-state index contributed by atoms with van der Waals surface area (Å²) in [5, 5.41) is 0. The van der Waals surface area contributed by atoms with E-state index in [-0.39, 0.29) is 5.78 Å². The molecule has 0 N–H and O–H groups in total. The Morgan fingerprint density at radius 3 is 1.89 bits per heavy atom. The summed E-state index contributed by atoms with van der Waals surface area (Å²) in [5.74, 6) is 0.270. The first-order valence-electron chi connectivity index (χ1n) is 7.90. The fourth-order valence-electron chi connectivity index (χ4n) is 2.04. The van der Waals surface area contributed by atoms with Gasteiger partial charge in [-0.05, 0) is 12.8 Å². The second-order valence-electron chi connectivity index (χ2n) is 5.17. The fraction of sp³-hybridized carbons (Fsp3) is 0.938. The molecule has 0 rings (SSSR count). The van der Waals surface area contributed by atoms with Crippen molar-refractivity contribution < 1.29 is 9.53 Å². The molecule has 0 aliphatic heterocycles. The fourth-order valence-corrected chi connectivity index (χ4v) is 2.04. The van der Waals surface area contributed by atoms with E-state index in [2.05, 4.69) is 13.8 Å². The number of ether oxygens (including phenoxy) is 1. The van der Waals surface area contributed by atoms with Gasteiger partial charge in [0.05, 0.1) is 0 Å². The number of carbonyl (C=O) groups is 1. The lowest BCUT2D eigenvalue weighted by Crippen LogP contribution is -2.08. The van der Waals surface area contributed by atoms with Crippen LogP contribution < -0.4 is 0 Å². The van der Waals surface area contributed by atoms with Crippen molar-refractivity contribution in [1.29, 1.82) is 0 Å². The van der Waals surface area contributed by atoms with Crippen LogP contribution in [0.5, 0.6) is 0 Å². The first kappa shape index (κ1) is 17.6. The third-order valence-electron chi connectivity index (χ3n) is 3.17. The SMILES string of the molecule is CCCCCCCCCCCC(=O)COCCC. The van der Waals surface area contributed by atoms with Crippen LogP contribution in [0.25, 0.3) is 0 Å². The second-order valence-corrected chi connectivity index (χ2v) is 5.17. The van der Waals surface area contributed by atoms with Crippen molar-refractivity contribution in [3.05, 3.63) is 0 Å². The molecule has 0 aromatic carbocycles. The zero-order valence-corrected chi connectivity index (χ0v) is 12.5. The Hall–Kier alpha value is -0.370. The van der Waals surface area contributed by atoms with E-state index < -0.39 is 0 Å². The predicted molar refractivity (Wildman–Crippen MR) is 78.0 cm³/mol. The summed E-state index contributed by atoms with van der Waals surface area (Å²) >= 11 is 0. The number of unbranched alkanes of at least 4 members (excludes halogenated alkanes) is 8. The molecule has 108 valence electrons. The summed E-state index contributed by atoms with van der Waals surface area (Å²) in [7, 11) is 0. The highest BCUT2D eigenvalue weighted by molar-refractivity contribution is 5.79. The van der Waals surface area contributed by atoms with Gasteiger partial charge in [-0.2, -0.15) is 0 Å². The largest absolute Gasteiger partial charge is 0.374 e. The third kappa shape index (κ3) is 13.7.